The van der Waals surface area contributed by atoms with Crippen LogP contribution in [0, 0.1) is 0 Å². The van der Waals surface area contributed by atoms with Crippen LogP contribution in [0.3, 0.4) is 0 Å². The molecule has 4 nitrogen and oxygen atoms in total. The third kappa shape index (κ3) is 0.777. The summed E-state index contributed by atoms with van der Waals surface area (Å²) in [7, 11) is 0. The van der Waals surface area contributed by atoms with E-state index in [0.717, 1.165) is 33.4 Å². The van der Waals surface area contributed by atoms with Crippen LogP contribution in [0.2, 0.25) is 0 Å². The Hall–Kier alpha value is -2.62. The lowest BCUT2D eigenvalue weighted by Crippen LogP contribution is -1.96. The first kappa shape index (κ1) is 8.47. The predicted octanol–water partition coefficient (Wildman–Crippen LogP) is 2.73. The van der Waals surface area contributed by atoms with Gasteiger partial charge in [-0.05, 0) is 24.3 Å². The lowest BCUT2D eigenvalue weighted by Gasteiger charge is -2.08. The maximum Gasteiger partial charge on any atom is 0.137 e. The van der Waals surface area contributed by atoms with Crippen LogP contribution in [-0.4, -0.2) is 18.8 Å². The molecule has 5 aromatic heterocycles. The second-order valence-corrected chi connectivity index (χ2v) is 4.50. The molecule has 0 bridgehead atoms. The third-order valence-electron chi connectivity index (χ3n) is 3.58. The molecule has 4 heteroatoms. The van der Waals surface area contributed by atoms with Gasteiger partial charge in [-0.2, -0.15) is 0 Å². The molecule has 84 valence electrons. The fourth-order valence-corrected chi connectivity index (χ4v) is 2.83. The van der Waals surface area contributed by atoms with Crippen molar-refractivity contribution in [2.75, 3.05) is 0 Å². The monoisotopic (exact) mass is 232 g/mol. The fourth-order valence-electron chi connectivity index (χ4n) is 2.83. The van der Waals surface area contributed by atoms with E-state index in [1.54, 1.807) is 0 Å². The van der Waals surface area contributed by atoms with Crippen LogP contribution in [0.25, 0.3) is 33.4 Å². The molecule has 5 heterocycles. The largest absolute Gasteiger partial charge is 0.289 e. The Kier molecular flexibility index (Phi) is 1.23. The Labute approximate surface area is 101 Å². The Bertz CT molecular complexity index is 937. The Morgan fingerprint density at radius 2 is 1.11 bits per heavy atom. The van der Waals surface area contributed by atoms with Crippen molar-refractivity contribution in [2.45, 2.75) is 0 Å². The van der Waals surface area contributed by atoms with Gasteiger partial charge in [0.05, 0.1) is 34.5 Å². The van der Waals surface area contributed by atoms with E-state index in [9.17, 15) is 0 Å². The Morgan fingerprint density at radius 1 is 0.611 bits per heavy atom. The molecule has 0 spiro atoms. The number of fused-ring (bicyclic) bond motifs is 2. The van der Waals surface area contributed by atoms with Crippen LogP contribution in [-0.2, 0) is 0 Å². The maximum atomic E-state index is 4.47. The van der Waals surface area contributed by atoms with Crippen LogP contribution in [0.15, 0.2) is 48.8 Å². The molecule has 5 aromatic rings. The number of pyridine rings is 2. The first-order chi connectivity index (χ1) is 8.93. The van der Waals surface area contributed by atoms with E-state index in [4.69, 9.17) is 0 Å². The number of aromatic nitrogens is 4. The molecule has 0 aromatic carbocycles. The molecule has 0 aliphatic rings. The fraction of sp³-hybridized carbons (Fsp3) is 0. The number of imidazole rings is 2. The van der Waals surface area contributed by atoms with Gasteiger partial charge in [-0.25, -0.2) is 9.97 Å². The van der Waals surface area contributed by atoms with Gasteiger partial charge in [0, 0.05) is 0 Å². The van der Waals surface area contributed by atoms with Gasteiger partial charge in [0.25, 0.3) is 0 Å². The highest BCUT2D eigenvalue weighted by molar-refractivity contribution is 5.93. The highest BCUT2D eigenvalue weighted by atomic mass is 15.1. The summed E-state index contributed by atoms with van der Waals surface area (Å²) in [6, 6.07) is 12.3. The molecule has 0 unspecified atom stereocenters. The molecule has 18 heavy (non-hydrogen) atoms. The van der Waals surface area contributed by atoms with E-state index in [2.05, 4.69) is 30.9 Å². The summed E-state index contributed by atoms with van der Waals surface area (Å²) >= 11 is 0. The van der Waals surface area contributed by atoms with Crippen molar-refractivity contribution < 1.29 is 0 Å². The summed E-state index contributed by atoms with van der Waals surface area (Å²) in [5, 5.41) is 0. The average molecular weight is 232 g/mol. The molecular weight excluding hydrogens is 224 g/mol. The zero-order valence-corrected chi connectivity index (χ0v) is 9.41. The zero-order chi connectivity index (χ0) is 11.7. The van der Waals surface area contributed by atoms with E-state index in [1.807, 2.05) is 36.7 Å². The number of hydrogen-bond acceptors (Lipinski definition) is 2. The van der Waals surface area contributed by atoms with Gasteiger partial charge in [0.1, 0.15) is 11.3 Å². The third-order valence-corrected chi connectivity index (χ3v) is 3.58. The van der Waals surface area contributed by atoms with E-state index >= 15 is 0 Å². The normalized spacial score (nSPS) is 12.4. The van der Waals surface area contributed by atoms with Crippen molar-refractivity contribution in [3.8, 4) is 0 Å². The minimum atomic E-state index is 0.979. The SMILES string of the molecule is c1cc2ncc3c4cccc5ncc(c(c1)n23)n54. The summed E-state index contributed by atoms with van der Waals surface area (Å²) in [5.41, 5.74) is 6.49. The van der Waals surface area contributed by atoms with Crippen LogP contribution in [0.1, 0.15) is 0 Å². The first-order valence-corrected chi connectivity index (χ1v) is 5.87. The van der Waals surface area contributed by atoms with Crippen LogP contribution in [0.4, 0.5) is 0 Å². The summed E-state index contributed by atoms with van der Waals surface area (Å²) in [4.78, 5) is 8.94. The first-order valence-electron chi connectivity index (χ1n) is 5.87. The minimum absolute atomic E-state index is 0.979. The average Bonchev–Trinajstić information content (AvgIpc) is 3.01. The Morgan fingerprint density at radius 3 is 1.61 bits per heavy atom. The van der Waals surface area contributed by atoms with Crippen molar-refractivity contribution in [2.24, 2.45) is 0 Å². The topological polar surface area (TPSA) is 34.6 Å². The summed E-state index contributed by atoms with van der Waals surface area (Å²) < 4.78 is 4.37. The Balaban J connectivity index is 2.35. The minimum Gasteiger partial charge on any atom is -0.289 e. The molecule has 0 saturated heterocycles. The smallest absolute Gasteiger partial charge is 0.137 e. The molecule has 0 N–H and O–H groups in total. The predicted molar refractivity (Wildman–Crippen MR) is 70.1 cm³/mol. The molecule has 0 aliphatic heterocycles. The highest BCUT2D eigenvalue weighted by Crippen LogP contribution is 2.26. The van der Waals surface area contributed by atoms with Crippen molar-refractivity contribution in [3.63, 3.8) is 0 Å². The summed E-state index contributed by atoms with van der Waals surface area (Å²) in [6.07, 6.45) is 3.85. The van der Waals surface area contributed by atoms with Crippen LogP contribution in [0.5, 0.6) is 0 Å². The van der Waals surface area contributed by atoms with E-state index in [1.165, 1.54) is 0 Å². The van der Waals surface area contributed by atoms with Crippen molar-refractivity contribution in [3.05, 3.63) is 48.8 Å². The van der Waals surface area contributed by atoms with Gasteiger partial charge in [0.2, 0.25) is 0 Å². The zero-order valence-electron chi connectivity index (χ0n) is 9.41. The van der Waals surface area contributed by atoms with Gasteiger partial charge in [-0.15, -0.1) is 0 Å². The quantitative estimate of drug-likeness (QED) is 0.385. The van der Waals surface area contributed by atoms with Crippen LogP contribution >= 0.6 is 0 Å². The molecule has 0 radical (unpaired) electrons. The van der Waals surface area contributed by atoms with Gasteiger partial charge in [-0.1, -0.05) is 12.1 Å². The molecule has 0 fully saturated rings. The number of hydrogen-bond donors (Lipinski definition) is 0. The van der Waals surface area contributed by atoms with Gasteiger partial charge >= 0.3 is 0 Å². The van der Waals surface area contributed by atoms with E-state index < -0.39 is 0 Å². The molecule has 5 rings (SSSR count). The number of rotatable bonds is 0. The van der Waals surface area contributed by atoms with Gasteiger partial charge in [0.15, 0.2) is 0 Å². The van der Waals surface area contributed by atoms with Crippen molar-refractivity contribution in [1.82, 2.24) is 18.8 Å². The summed E-state index contributed by atoms with van der Waals surface area (Å²) in [6.45, 7) is 0. The van der Waals surface area contributed by atoms with Gasteiger partial charge in [-0.3, -0.25) is 8.80 Å². The molecule has 0 saturated carbocycles. The van der Waals surface area contributed by atoms with Crippen molar-refractivity contribution >= 4 is 33.4 Å². The highest BCUT2D eigenvalue weighted by Gasteiger charge is 2.12. The molecule has 0 amide bonds. The molecular formula is C14H8N4. The molecule has 0 atom stereocenters. The lowest BCUT2D eigenvalue weighted by molar-refractivity contribution is 1.22. The maximum absolute atomic E-state index is 4.47. The van der Waals surface area contributed by atoms with E-state index in [-0.39, 0.29) is 0 Å². The van der Waals surface area contributed by atoms with Crippen LogP contribution < -0.4 is 0 Å². The standard InChI is InChI=1S/C14H8N4/c1-3-9-11-7-16-14-6-2-4-10(18(11)14)12-8-15-13(5-1)17(9)12/h1-8H. The van der Waals surface area contributed by atoms with E-state index in [0.29, 0.717) is 0 Å². The van der Waals surface area contributed by atoms with Gasteiger partial charge < -0.3 is 0 Å². The summed E-state index contributed by atoms with van der Waals surface area (Å²) in [5.74, 6) is 0. The lowest BCUT2D eigenvalue weighted by atomic mass is 10.3. The second kappa shape index (κ2) is 2.61. The molecule has 0 aliphatic carbocycles. The van der Waals surface area contributed by atoms with Crippen molar-refractivity contribution in [1.29, 1.82) is 0 Å². The number of nitrogens with zero attached hydrogens (tertiary/aromatic N) is 4. The second-order valence-electron chi connectivity index (χ2n) is 4.50.